The van der Waals surface area contributed by atoms with Gasteiger partial charge in [-0.25, -0.2) is 0 Å². The zero-order chi connectivity index (χ0) is 15.2. The summed E-state index contributed by atoms with van der Waals surface area (Å²) in [6.07, 6.45) is 4.30. The summed E-state index contributed by atoms with van der Waals surface area (Å²) in [5.74, 6) is 2.83. The average molecular weight is 301 g/mol. The zero-order valence-electron chi connectivity index (χ0n) is 13.0. The lowest BCUT2D eigenvalue weighted by Gasteiger charge is -2.20. The molecule has 22 heavy (non-hydrogen) atoms. The number of aromatic nitrogens is 2. The molecule has 1 saturated heterocycles. The summed E-state index contributed by atoms with van der Waals surface area (Å²) in [5, 5.41) is 7.43. The van der Waals surface area contributed by atoms with Crippen LogP contribution >= 0.6 is 0 Å². The molecule has 5 heteroatoms. The van der Waals surface area contributed by atoms with Crippen molar-refractivity contribution in [1.29, 1.82) is 0 Å². The first-order valence-corrected chi connectivity index (χ1v) is 8.07. The van der Waals surface area contributed by atoms with Crippen molar-refractivity contribution in [2.24, 2.45) is 5.92 Å². The van der Waals surface area contributed by atoms with Gasteiger partial charge in [-0.05, 0) is 56.0 Å². The number of aryl methyl sites for hydroxylation is 1. The Balaban J connectivity index is 1.50. The van der Waals surface area contributed by atoms with Gasteiger partial charge >= 0.3 is 0 Å². The molecule has 5 nitrogen and oxygen atoms in total. The third-order valence-corrected chi connectivity index (χ3v) is 4.13. The summed E-state index contributed by atoms with van der Waals surface area (Å²) in [7, 11) is 0. The molecule has 0 unspecified atom stereocenters. The molecular weight excluding hydrogens is 278 g/mol. The fraction of sp³-hybridized carbons (Fsp3) is 0.529. The van der Waals surface area contributed by atoms with E-state index in [1.807, 2.05) is 12.1 Å². The average Bonchev–Trinajstić information content (AvgIpc) is 3.02. The number of rotatable bonds is 6. The molecule has 1 aromatic carbocycles. The molecule has 1 N–H and O–H groups in total. The third kappa shape index (κ3) is 4.07. The summed E-state index contributed by atoms with van der Waals surface area (Å²) in [5.41, 5.74) is 1.30. The van der Waals surface area contributed by atoms with Gasteiger partial charge in [-0.3, -0.25) is 0 Å². The molecule has 1 fully saturated rings. The number of hydrogen-bond donors (Lipinski definition) is 1. The van der Waals surface area contributed by atoms with E-state index in [1.165, 1.54) is 18.4 Å². The van der Waals surface area contributed by atoms with Crippen LogP contribution in [0.2, 0.25) is 0 Å². The summed E-state index contributed by atoms with van der Waals surface area (Å²) >= 11 is 0. The van der Waals surface area contributed by atoms with Gasteiger partial charge < -0.3 is 14.6 Å². The molecule has 0 aliphatic carbocycles. The van der Waals surface area contributed by atoms with E-state index in [0.717, 1.165) is 37.5 Å². The number of ether oxygens (including phenoxy) is 1. The number of piperidine rings is 1. The summed E-state index contributed by atoms with van der Waals surface area (Å²) in [6, 6.07) is 8.10. The maximum atomic E-state index is 5.69. The number of nitrogens with one attached hydrogen (secondary N) is 1. The largest absolute Gasteiger partial charge is 0.484 e. The molecule has 2 heterocycles. The highest BCUT2D eigenvalue weighted by molar-refractivity contribution is 5.27. The lowest BCUT2D eigenvalue weighted by atomic mass is 9.94. The molecule has 0 spiro atoms. The summed E-state index contributed by atoms with van der Waals surface area (Å²) < 4.78 is 11.0. The van der Waals surface area contributed by atoms with Crippen molar-refractivity contribution in [3.8, 4) is 5.75 Å². The van der Waals surface area contributed by atoms with Crippen molar-refractivity contribution in [2.45, 2.75) is 39.2 Å². The highest BCUT2D eigenvalue weighted by Crippen LogP contribution is 2.17. The lowest BCUT2D eigenvalue weighted by molar-refractivity contribution is 0.242. The van der Waals surface area contributed by atoms with Gasteiger partial charge in [0.05, 0.1) is 0 Å². The molecule has 118 valence electrons. The highest BCUT2D eigenvalue weighted by atomic mass is 16.5. The van der Waals surface area contributed by atoms with Crippen LogP contribution in [0.15, 0.2) is 28.8 Å². The minimum Gasteiger partial charge on any atom is -0.484 e. The third-order valence-electron chi connectivity index (χ3n) is 4.13. The Hall–Kier alpha value is -1.88. The van der Waals surface area contributed by atoms with Crippen molar-refractivity contribution in [2.75, 3.05) is 13.1 Å². The Bertz CT molecular complexity index is 574. The van der Waals surface area contributed by atoms with E-state index in [2.05, 4.69) is 34.5 Å². The fourth-order valence-electron chi connectivity index (χ4n) is 2.74. The Morgan fingerprint density at radius 3 is 2.73 bits per heavy atom. The summed E-state index contributed by atoms with van der Waals surface area (Å²) in [6.45, 7) is 4.64. The number of hydrogen-bond acceptors (Lipinski definition) is 5. The van der Waals surface area contributed by atoms with E-state index in [-0.39, 0.29) is 0 Å². The van der Waals surface area contributed by atoms with Crippen LogP contribution in [0, 0.1) is 5.92 Å². The minimum absolute atomic E-state index is 0.324. The molecule has 1 aromatic heterocycles. The first-order valence-electron chi connectivity index (χ1n) is 8.07. The van der Waals surface area contributed by atoms with Crippen molar-refractivity contribution in [3.05, 3.63) is 41.5 Å². The smallest absolute Gasteiger partial charge is 0.264 e. The molecule has 0 amide bonds. The first-order chi connectivity index (χ1) is 10.8. The topological polar surface area (TPSA) is 60.2 Å². The second-order valence-electron chi connectivity index (χ2n) is 5.79. The van der Waals surface area contributed by atoms with Gasteiger partial charge in [0.2, 0.25) is 0 Å². The van der Waals surface area contributed by atoms with E-state index in [0.29, 0.717) is 18.4 Å². The van der Waals surface area contributed by atoms with Crippen LogP contribution in [-0.4, -0.2) is 23.2 Å². The molecule has 1 aliphatic rings. The van der Waals surface area contributed by atoms with Crippen molar-refractivity contribution in [1.82, 2.24) is 15.5 Å². The fourth-order valence-corrected chi connectivity index (χ4v) is 2.74. The van der Waals surface area contributed by atoms with Crippen molar-refractivity contribution >= 4 is 0 Å². The maximum Gasteiger partial charge on any atom is 0.264 e. The minimum atomic E-state index is 0.324. The molecule has 1 aliphatic heterocycles. The molecule has 3 rings (SSSR count). The Labute approximate surface area is 131 Å². The van der Waals surface area contributed by atoms with Crippen LogP contribution in [0.1, 0.15) is 37.0 Å². The quantitative estimate of drug-likeness (QED) is 0.889. The molecule has 0 radical (unpaired) electrons. The van der Waals surface area contributed by atoms with E-state index in [4.69, 9.17) is 9.26 Å². The summed E-state index contributed by atoms with van der Waals surface area (Å²) in [4.78, 5) is 4.43. The molecule has 0 bridgehead atoms. The first kappa shape index (κ1) is 15.0. The highest BCUT2D eigenvalue weighted by Gasteiger charge is 2.17. The molecule has 0 saturated carbocycles. The SMILES string of the molecule is CCc1ccc(OCc2nc(CC3CCNCC3)no2)cc1. The van der Waals surface area contributed by atoms with E-state index >= 15 is 0 Å². The van der Waals surface area contributed by atoms with Gasteiger partial charge in [-0.1, -0.05) is 24.2 Å². The van der Waals surface area contributed by atoms with Gasteiger partial charge in [0.25, 0.3) is 5.89 Å². The van der Waals surface area contributed by atoms with Crippen LogP contribution in [0.4, 0.5) is 0 Å². The molecule has 0 atom stereocenters. The molecular formula is C17H23N3O2. The van der Waals surface area contributed by atoms with Gasteiger partial charge in [0.1, 0.15) is 5.75 Å². The van der Waals surface area contributed by atoms with Gasteiger partial charge in [0, 0.05) is 6.42 Å². The van der Waals surface area contributed by atoms with Crippen molar-refractivity contribution < 1.29 is 9.26 Å². The van der Waals surface area contributed by atoms with Crippen LogP contribution < -0.4 is 10.1 Å². The van der Waals surface area contributed by atoms with Gasteiger partial charge in [-0.15, -0.1) is 0 Å². The van der Waals surface area contributed by atoms with Gasteiger partial charge in [0.15, 0.2) is 12.4 Å². The van der Waals surface area contributed by atoms with Crippen LogP contribution in [0.25, 0.3) is 0 Å². The zero-order valence-corrected chi connectivity index (χ0v) is 13.0. The number of nitrogens with zero attached hydrogens (tertiary/aromatic N) is 2. The van der Waals surface area contributed by atoms with E-state index in [1.54, 1.807) is 0 Å². The Kier molecular flexibility index (Phi) is 5.06. The maximum absolute atomic E-state index is 5.69. The van der Waals surface area contributed by atoms with E-state index in [9.17, 15) is 0 Å². The van der Waals surface area contributed by atoms with Gasteiger partial charge in [-0.2, -0.15) is 4.98 Å². The standard InChI is InChI=1S/C17H23N3O2/c1-2-13-3-5-15(6-4-13)21-12-17-19-16(20-22-17)11-14-7-9-18-10-8-14/h3-6,14,18H,2,7-12H2,1H3. The predicted octanol–water partition coefficient (Wildman–Crippen LogP) is 2.75. The normalized spacial score (nSPS) is 15.9. The van der Waals surface area contributed by atoms with Crippen LogP contribution in [-0.2, 0) is 19.4 Å². The second-order valence-corrected chi connectivity index (χ2v) is 5.79. The van der Waals surface area contributed by atoms with Crippen molar-refractivity contribution in [3.63, 3.8) is 0 Å². The Morgan fingerprint density at radius 1 is 1.23 bits per heavy atom. The predicted molar refractivity (Wildman–Crippen MR) is 83.7 cm³/mol. The number of benzene rings is 1. The molecule has 2 aromatic rings. The monoisotopic (exact) mass is 301 g/mol. The second kappa shape index (κ2) is 7.40. The van der Waals surface area contributed by atoms with Crippen LogP contribution in [0.5, 0.6) is 5.75 Å². The van der Waals surface area contributed by atoms with E-state index < -0.39 is 0 Å². The van der Waals surface area contributed by atoms with Crippen LogP contribution in [0.3, 0.4) is 0 Å². The lowest BCUT2D eigenvalue weighted by Crippen LogP contribution is -2.28. The Morgan fingerprint density at radius 2 is 2.00 bits per heavy atom.